The minimum Gasteiger partial charge on any atom is -0.387 e. The molecule has 0 aromatic heterocycles. The number of hydrogen-bond acceptors (Lipinski definition) is 4. The zero-order chi connectivity index (χ0) is 20.0. The maximum atomic E-state index is 12.5. The fourth-order valence-electron chi connectivity index (χ4n) is 3.63. The van der Waals surface area contributed by atoms with E-state index in [9.17, 15) is 9.90 Å². The zero-order valence-corrected chi connectivity index (χ0v) is 16.6. The lowest BCUT2D eigenvalue weighted by Crippen LogP contribution is -2.46. The molecule has 6 nitrogen and oxygen atoms in total. The highest BCUT2D eigenvalue weighted by Crippen LogP contribution is 2.24. The van der Waals surface area contributed by atoms with Gasteiger partial charge in [-0.1, -0.05) is 42.5 Å². The van der Waals surface area contributed by atoms with Crippen molar-refractivity contribution in [1.29, 1.82) is 0 Å². The van der Waals surface area contributed by atoms with Crippen molar-refractivity contribution in [2.75, 3.05) is 39.1 Å². The summed E-state index contributed by atoms with van der Waals surface area (Å²) in [6, 6.07) is 17.6. The van der Waals surface area contributed by atoms with Gasteiger partial charge in [-0.3, -0.25) is 4.90 Å². The maximum absolute atomic E-state index is 12.5. The first-order chi connectivity index (χ1) is 13.5. The number of rotatable bonds is 7. The average molecular weight is 383 g/mol. The molecule has 0 spiro atoms. The summed E-state index contributed by atoms with van der Waals surface area (Å²) in [5.74, 6) is 0. The van der Waals surface area contributed by atoms with Crippen LogP contribution in [0.5, 0.6) is 0 Å². The van der Waals surface area contributed by atoms with Crippen molar-refractivity contribution in [1.82, 2.24) is 9.80 Å². The lowest BCUT2D eigenvalue weighted by atomic mass is 10.0. The van der Waals surface area contributed by atoms with E-state index in [1.807, 2.05) is 42.5 Å². The highest BCUT2D eigenvalue weighted by Gasteiger charge is 2.37. The van der Waals surface area contributed by atoms with Gasteiger partial charge in [-0.05, 0) is 29.7 Å². The summed E-state index contributed by atoms with van der Waals surface area (Å²) in [5.41, 5.74) is 2.12. The number of benzene rings is 2. The molecule has 0 saturated carbocycles. The molecule has 0 bridgehead atoms. The standard InChI is InChI=1S/C22H29N3O3/c1-24(21(26)23-20-10-8-19(9-11-20)15-28-2)16-22(27)12-13-25(17-22)14-18-6-4-3-5-7-18/h3-11,27H,12-17H2,1-2H3,(H,23,26). The first-order valence-electron chi connectivity index (χ1n) is 9.56. The minimum absolute atomic E-state index is 0.227. The summed E-state index contributed by atoms with van der Waals surface area (Å²) in [6.07, 6.45) is 0.656. The van der Waals surface area contributed by atoms with Crippen LogP contribution in [0, 0.1) is 0 Å². The van der Waals surface area contributed by atoms with Gasteiger partial charge >= 0.3 is 6.03 Å². The molecule has 1 saturated heterocycles. The van der Waals surface area contributed by atoms with Crippen LogP contribution in [0.25, 0.3) is 0 Å². The monoisotopic (exact) mass is 383 g/mol. The van der Waals surface area contributed by atoms with Gasteiger partial charge in [0.15, 0.2) is 0 Å². The number of β-amino-alcohol motifs (C(OH)–C–C–N with tert-alkyl or cyclic N) is 1. The first kappa shape index (κ1) is 20.3. The van der Waals surface area contributed by atoms with Gasteiger partial charge in [0.25, 0.3) is 0 Å². The number of methoxy groups -OCH3 is 1. The number of carbonyl (C=O) groups excluding carboxylic acids is 1. The molecule has 2 N–H and O–H groups in total. The van der Waals surface area contributed by atoms with Crippen molar-refractivity contribution in [2.45, 2.75) is 25.2 Å². The second-order valence-electron chi connectivity index (χ2n) is 7.59. The third-order valence-corrected chi connectivity index (χ3v) is 5.05. The van der Waals surface area contributed by atoms with Gasteiger partial charge in [0.2, 0.25) is 0 Å². The van der Waals surface area contributed by atoms with Crippen LogP contribution >= 0.6 is 0 Å². The third-order valence-electron chi connectivity index (χ3n) is 5.05. The number of likely N-dealkylation sites (N-methyl/N-ethyl adjacent to an activating group) is 1. The topological polar surface area (TPSA) is 65.0 Å². The highest BCUT2D eigenvalue weighted by molar-refractivity contribution is 5.89. The molecule has 0 radical (unpaired) electrons. The zero-order valence-electron chi connectivity index (χ0n) is 16.6. The van der Waals surface area contributed by atoms with Crippen LogP contribution in [0.15, 0.2) is 54.6 Å². The van der Waals surface area contributed by atoms with E-state index in [1.165, 1.54) is 5.56 Å². The van der Waals surface area contributed by atoms with Crippen LogP contribution in [-0.2, 0) is 17.9 Å². The van der Waals surface area contributed by atoms with E-state index < -0.39 is 5.60 Å². The Bertz CT molecular complexity index is 766. The average Bonchev–Trinajstić information content (AvgIpc) is 3.04. The van der Waals surface area contributed by atoms with Crippen LogP contribution in [0.4, 0.5) is 10.5 Å². The fourth-order valence-corrected chi connectivity index (χ4v) is 3.63. The summed E-state index contributed by atoms with van der Waals surface area (Å²) in [7, 11) is 3.37. The molecular formula is C22H29N3O3. The van der Waals surface area contributed by atoms with Gasteiger partial charge in [-0.25, -0.2) is 4.79 Å². The Hall–Kier alpha value is -2.41. The Morgan fingerprint density at radius 3 is 2.57 bits per heavy atom. The molecule has 1 atom stereocenters. The molecule has 2 aromatic rings. The predicted molar refractivity (Wildman–Crippen MR) is 110 cm³/mol. The minimum atomic E-state index is -0.886. The van der Waals surface area contributed by atoms with Crippen molar-refractivity contribution < 1.29 is 14.6 Å². The highest BCUT2D eigenvalue weighted by atomic mass is 16.5. The molecule has 0 aliphatic carbocycles. The molecule has 1 heterocycles. The molecule has 1 aliphatic heterocycles. The SMILES string of the molecule is COCc1ccc(NC(=O)N(C)CC2(O)CCN(Cc3ccccc3)C2)cc1. The normalized spacial score (nSPS) is 19.5. The number of hydrogen-bond donors (Lipinski definition) is 2. The summed E-state index contributed by atoms with van der Waals surface area (Å²) in [5, 5.41) is 13.8. The van der Waals surface area contributed by atoms with Gasteiger partial charge in [0.05, 0.1) is 18.8 Å². The Kier molecular flexibility index (Phi) is 6.67. The second-order valence-corrected chi connectivity index (χ2v) is 7.59. The van der Waals surface area contributed by atoms with Gasteiger partial charge in [0.1, 0.15) is 0 Å². The number of aliphatic hydroxyl groups is 1. The Balaban J connectivity index is 1.50. The number of ether oxygens (including phenoxy) is 1. The Morgan fingerprint density at radius 1 is 1.18 bits per heavy atom. The van der Waals surface area contributed by atoms with E-state index in [2.05, 4.69) is 22.3 Å². The number of nitrogens with one attached hydrogen (secondary N) is 1. The Morgan fingerprint density at radius 2 is 1.89 bits per heavy atom. The number of likely N-dealkylation sites (tertiary alicyclic amines) is 1. The summed E-state index contributed by atoms with van der Waals surface area (Å²) in [6.45, 7) is 3.03. The fraction of sp³-hybridized carbons (Fsp3) is 0.409. The lowest BCUT2D eigenvalue weighted by Gasteiger charge is -2.29. The van der Waals surface area contributed by atoms with Gasteiger partial charge in [0, 0.05) is 39.5 Å². The van der Waals surface area contributed by atoms with E-state index in [-0.39, 0.29) is 6.03 Å². The number of carbonyl (C=O) groups is 1. The molecule has 1 aliphatic rings. The van der Waals surface area contributed by atoms with E-state index in [1.54, 1.807) is 19.1 Å². The van der Waals surface area contributed by atoms with Gasteiger partial charge < -0.3 is 20.1 Å². The van der Waals surface area contributed by atoms with E-state index in [0.717, 1.165) is 24.3 Å². The van der Waals surface area contributed by atoms with E-state index >= 15 is 0 Å². The van der Waals surface area contributed by atoms with Crippen molar-refractivity contribution in [3.05, 3.63) is 65.7 Å². The molecule has 3 rings (SSSR count). The van der Waals surface area contributed by atoms with Crippen LogP contribution in [-0.4, -0.2) is 60.3 Å². The van der Waals surface area contributed by atoms with Gasteiger partial charge in [-0.15, -0.1) is 0 Å². The number of amides is 2. The maximum Gasteiger partial charge on any atom is 0.321 e. The first-order valence-corrected chi connectivity index (χ1v) is 9.56. The molecule has 2 amide bonds. The Labute approximate surface area is 166 Å². The number of urea groups is 1. The van der Waals surface area contributed by atoms with Crippen LogP contribution in [0.3, 0.4) is 0 Å². The van der Waals surface area contributed by atoms with Crippen LogP contribution in [0.1, 0.15) is 17.5 Å². The third kappa shape index (κ3) is 5.55. The smallest absolute Gasteiger partial charge is 0.321 e. The second kappa shape index (κ2) is 9.19. The molecule has 6 heteroatoms. The van der Waals surface area contributed by atoms with Crippen molar-refractivity contribution >= 4 is 11.7 Å². The van der Waals surface area contributed by atoms with Crippen molar-refractivity contribution in [3.63, 3.8) is 0 Å². The molecule has 150 valence electrons. The summed E-state index contributed by atoms with van der Waals surface area (Å²) < 4.78 is 5.09. The lowest BCUT2D eigenvalue weighted by molar-refractivity contribution is 0.0275. The molecule has 28 heavy (non-hydrogen) atoms. The number of nitrogens with zero attached hydrogens (tertiary/aromatic N) is 2. The van der Waals surface area contributed by atoms with Gasteiger partial charge in [-0.2, -0.15) is 0 Å². The predicted octanol–water partition coefficient (Wildman–Crippen LogP) is 2.93. The van der Waals surface area contributed by atoms with Crippen LogP contribution < -0.4 is 5.32 Å². The molecule has 1 unspecified atom stereocenters. The quantitative estimate of drug-likeness (QED) is 0.772. The number of anilines is 1. The summed E-state index contributed by atoms with van der Waals surface area (Å²) >= 11 is 0. The molecule has 2 aromatic carbocycles. The summed E-state index contributed by atoms with van der Waals surface area (Å²) in [4.78, 5) is 16.3. The molecule has 1 fully saturated rings. The van der Waals surface area contributed by atoms with E-state index in [0.29, 0.717) is 26.1 Å². The van der Waals surface area contributed by atoms with Crippen molar-refractivity contribution in [3.8, 4) is 0 Å². The van der Waals surface area contributed by atoms with Crippen LogP contribution in [0.2, 0.25) is 0 Å². The van der Waals surface area contributed by atoms with Crippen molar-refractivity contribution in [2.24, 2.45) is 0 Å². The molecular weight excluding hydrogens is 354 g/mol. The largest absolute Gasteiger partial charge is 0.387 e. The van der Waals surface area contributed by atoms with E-state index in [4.69, 9.17) is 4.74 Å².